The van der Waals surface area contributed by atoms with Crippen LogP contribution in [0, 0.1) is 6.92 Å². The summed E-state index contributed by atoms with van der Waals surface area (Å²) in [6.07, 6.45) is 2.59. The highest BCUT2D eigenvalue weighted by atomic mass is 32.2. The van der Waals surface area contributed by atoms with Crippen molar-refractivity contribution >= 4 is 11.8 Å². The number of thioether (sulfide) groups is 1. The molecule has 1 heterocycles. The largest absolute Gasteiger partial charge is 0.468 e. The van der Waals surface area contributed by atoms with Crippen molar-refractivity contribution in [2.75, 3.05) is 12.3 Å². The second-order valence-corrected chi connectivity index (χ2v) is 3.63. The zero-order valence-electron chi connectivity index (χ0n) is 7.43. The molecule has 0 aliphatic carbocycles. The standard InChI is InChI=1S/C8H11N3OS/c1-7-8(3-5-12-7)13-6-2-4-10-11-9/h3,5H,2,4,6H2,1H3. The van der Waals surface area contributed by atoms with Gasteiger partial charge in [-0.1, -0.05) is 5.11 Å². The number of rotatable bonds is 5. The molecule has 0 atom stereocenters. The summed E-state index contributed by atoms with van der Waals surface area (Å²) >= 11 is 1.73. The highest BCUT2D eigenvalue weighted by Crippen LogP contribution is 2.23. The predicted octanol–water partition coefficient (Wildman–Crippen LogP) is 3.38. The van der Waals surface area contributed by atoms with Crippen LogP contribution < -0.4 is 0 Å². The van der Waals surface area contributed by atoms with E-state index in [1.54, 1.807) is 18.0 Å². The van der Waals surface area contributed by atoms with E-state index in [1.807, 2.05) is 13.0 Å². The van der Waals surface area contributed by atoms with E-state index >= 15 is 0 Å². The molecule has 0 unspecified atom stereocenters. The molecule has 1 aromatic heterocycles. The molecule has 0 spiro atoms. The molecule has 13 heavy (non-hydrogen) atoms. The first kappa shape index (κ1) is 10.0. The van der Waals surface area contributed by atoms with E-state index in [-0.39, 0.29) is 0 Å². The van der Waals surface area contributed by atoms with E-state index in [9.17, 15) is 0 Å². The summed E-state index contributed by atoms with van der Waals surface area (Å²) in [7, 11) is 0. The smallest absolute Gasteiger partial charge is 0.114 e. The Morgan fingerprint density at radius 2 is 2.54 bits per heavy atom. The molecule has 0 N–H and O–H groups in total. The molecule has 0 bridgehead atoms. The third-order valence-electron chi connectivity index (χ3n) is 1.53. The molecular formula is C8H11N3OS. The maximum Gasteiger partial charge on any atom is 0.114 e. The lowest BCUT2D eigenvalue weighted by atomic mass is 10.5. The molecule has 0 aliphatic heterocycles. The lowest BCUT2D eigenvalue weighted by Crippen LogP contribution is -1.83. The quantitative estimate of drug-likeness (QED) is 0.239. The van der Waals surface area contributed by atoms with Crippen LogP contribution in [0.3, 0.4) is 0 Å². The maximum atomic E-state index is 8.03. The Morgan fingerprint density at radius 3 is 3.15 bits per heavy atom. The minimum atomic E-state index is 0.570. The summed E-state index contributed by atoms with van der Waals surface area (Å²) in [5.41, 5.74) is 8.03. The number of aryl methyl sites for hydroxylation is 1. The molecule has 0 aliphatic rings. The molecule has 0 saturated carbocycles. The fourth-order valence-corrected chi connectivity index (χ4v) is 1.78. The van der Waals surface area contributed by atoms with E-state index in [2.05, 4.69) is 10.0 Å². The fraction of sp³-hybridized carbons (Fsp3) is 0.500. The second kappa shape index (κ2) is 5.56. The minimum Gasteiger partial charge on any atom is -0.468 e. The summed E-state index contributed by atoms with van der Waals surface area (Å²) in [6, 6.07) is 1.95. The van der Waals surface area contributed by atoms with Crippen molar-refractivity contribution in [3.05, 3.63) is 28.5 Å². The Kier molecular flexibility index (Phi) is 4.29. The minimum absolute atomic E-state index is 0.570. The van der Waals surface area contributed by atoms with Crippen LogP contribution in [0.4, 0.5) is 0 Å². The highest BCUT2D eigenvalue weighted by molar-refractivity contribution is 7.99. The van der Waals surface area contributed by atoms with Gasteiger partial charge in [0.15, 0.2) is 0 Å². The van der Waals surface area contributed by atoms with E-state index < -0.39 is 0 Å². The van der Waals surface area contributed by atoms with Crippen molar-refractivity contribution in [1.29, 1.82) is 0 Å². The summed E-state index contributed by atoms with van der Waals surface area (Å²) in [5, 5.41) is 3.46. The molecule has 0 aromatic carbocycles. The van der Waals surface area contributed by atoms with Gasteiger partial charge in [0.05, 0.1) is 6.26 Å². The van der Waals surface area contributed by atoms with Crippen LogP contribution in [-0.2, 0) is 0 Å². The van der Waals surface area contributed by atoms with Gasteiger partial charge in [0.2, 0.25) is 0 Å². The van der Waals surface area contributed by atoms with Crippen molar-refractivity contribution in [2.45, 2.75) is 18.2 Å². The second-order valence-electron chi connectivity index (χ2n) is 2.50. The van der Waals surface area contributed by atoms with Gasteiger partial charge in [0, 0.05) is 16.4 Å². The third-order valence-corrected chi connectivity index (χ3v) is 2.76. The van der Waals surface area contributed by atoms with Crippen LogP contribution in [0.2, 0.25) is 0 Å². The van der Waals surface area contributed by atoms with Crippen molar-refractivity contribution in [1.82, 2.24) is 0 Å². The summed E-state index contributed by atoms with van der Waals surface area (Å²) in [4.78, 5) is 3.85. The van der Waals surface area contributed by atoms with E-state index in [0.29, 0.717) is 6.54 Å². The van der Waals surface area contributed by atoms with Crippen LogP contribution in [0.25, 0.3) is 10.4 Å². The van der Waals surface area contributed by atoms with Crippen LogP contribution >= 0.6 is 11.8 Å². The van der Waals surface area contributed by atoms with Gasteiger partial charge in [0.25, 0.3) is 0 Å². The number of nitrogens with zero attached hydrogens (tertiary/aromatic N) is 3. The number of hydrogen-bond donors (Lipinski definition) is 0. The van der Waals surface area contributed by atoms with Gasteiger partial charge in [0.1, 0.15) is 5.76 Å². The van der Waals surface area contributed by atoms with Crippen LogP contribution in [0.5, 0.6) is 0 Å². The zero-order chi connectivity index (χ0) is 9.52. The summed E-state index contributed by atoms with van der Waals surface area (Å²) in [6.45, 7) is 2.51. The molecule has 5 heteroatoms. The first-order valence-corrected chi connectivity index (χ1v) is 5.01. The maximum absolute atomic E-state index is 8.03. The highest BCUT2D eigenvalue weighted by Gasteiger charge is 2.00. The van der Waals surface area contributed by atoms with Gasteiger partial charge in [-0.05, 0) is 30.7 Å². The molecule has 0 fully saturated rings. The molecule has 70 valence electrons. The normalized spacial score (nSPS) is 9.62. The molecule has 1 rings (SSSR count). The van der Waals surface area contributed by atoms with Gasteiger partial charge in [-0.15, -0.1) is 11.8 Å². The molecule has 0 saturated heterocycles. The molecule has 1 aromatic rings. The Hall–Kier alpha value is -1.06. The van der Waals surface area contributed by atoms with Crippen molar-refractivity contribution in [2.24, 2.45) is 5.11 Å². The van der Waals surface area contributed by atoms with Gasteiger partial charge in [-0.25, -0.2) is 0 Å². The van der Waals surface area contributed by atoms with E-state index in [0.717, 1.165) is 17.9 Å². The Balaban J connectivity index is 2.20. The first-order valence-electron chi connectivity index (χ1n) is 4.02. The topological polar surface area (TPSA) is 61.9 Å². The van der Waals surface area contributed by atoms with Crippen LogP contribution in [0.1, 0.15) is 12.2 Å². The SMILES string of the molecule is Cc1occc1SCCCN=[N+]=[N-]. The molecular weight excluding hydrogens is 186 g/mol. The van der Waals surface area contributed by atoms with Crippen molar-refractivity contribution in [3.8, 4) is 0 Å². The first-order chi connectivity index (χ1) is 6.34. The zero-order valence-corrected chi connectivity index (χ0v) is 8.25. The van der Waals surface area contributed by atoms with E-state index in [4.69, 9.17) is 9.95 Å². The van der Waals surface area contributed by atoms with Crippen LogP contribution in [-0.4, -0.2) is 12.3 Å². The Labute approximate surface area is 80.9 Å². The Bertz CT molecular complexity index is 304. The summed E-state index contributed by atoms with van der Waals surface area (Å²) < 4.78 is 5.14. The van der Waals surface area contributed by atoms with Gasteiger partial charge in [-0.2, -0.15) is 0 Å². The number of furan rings is 1. The average Bonchev–Trinajstić information content (AvgIpc) is 2.52. The number of azide groups is 1. The third kappa shape index (κ3) is 3.44. The summed E-state index contributed by atoms with van der Waals surface area (Å²) in [5.74, 6) is 1.91. The van der Waals surface area contributed by atoms with Crippen LogP contribution in [0.15, 0.2) is 26.8 Å². The van der Waals surface area contributed by atoms with Gasteiger partial charge in [-0.3, -0.25) is 0 Å². The lowest BCUT2D eigenvalue weighted by Gasteiger charge is -1.96. The molecule has 4 nitrogen and oxygen atoms in total. The fourth-order valence-electron chi connectivity index (χ4n) is 0.885. The molecule has 0 radical (unpaired) electrons. The number of hydrogen-bond acceptors (Lipinski definition) is 3. The average molecular weight is 197 g/mol. The Morgan fingerprint density at radius 1 is 1.69 bits per heavy atom. The monoisotopic (exact) mass is 197 g/mol. The van der Waals surface area contributed by atoms with Gasteiger partial charge >= 0.3 is 0 Å². The van der Waals surface area contributed by atoms with E-state index in [1.165, 1.54) is 4.90 Å². The van der Waals surface area contributed by atoms with Crippen molar-refractivity contribution < 1.29 is 4.42 Å². The lowest BCUT2D eigenvalue weighted by molar-refractivity contribution is 0.527. The van der Waals surface area contributed by atoms with Gasteiger partial charge < -0.3 is 4.42 Å². The predicted molar refractivity (Wildman–Crippen MR) is 52.8 cm³/mol. The van der Waals surface area contributed by atoms with Crippen molar-refractivity contribution in [3.63, 3.8) is 0 Å². The molecule has 0 amide bonds.